The summed E-state index contributed by atoms with van der Waals surface area (Å²) in [7, 11) is 3.27. The fourth-order valence-electron chi connectivity index (χ4n) is 2.22. The average molecular weight is 346 g/mol. The van der Waals surface area contributed by atoms with E-state index in [1.165, 1.54) is 7.11 Å². The number of thiophene rings is 1. The van der Waals surface area contributed by atoms with Crippen molar-refractivity contribution < 1.29 is 14.3 Å². The molecule has 0 aliphatic carbocycles. The summed E-state index contributed by atoms with van der Waals surface area (Å²) >= 11 is 1.63. The zero-order valence-corrected chi connectivity index (χ0v) is 14.9. The van der Waals surface area contributed by atoms with Crippen LogP contribution in [0.5, 0.6) is 0 Å². The molecule has 2 rings (SSSR count). The van der Waals surface area contributed by atoms with E-state index in [1.807, 2.05) is 48.5 Å². The zero-order valence-electron chi connectivity index (χ0n) is 14.1. The minimum absolute atomic E-state index is 0.00270. The van der Waals surface area contributed by atoms with E-state index in [-0.39, 0.29) is 17.9 Å². The lowest BCUT2D eigenvalue weighted by Gasteiger charge is -2.24. The summed E-state index contributed by atoms with van der Waals surface area (Å²) in [6, 6.07) is 10.9. The number of likely N-dealkylation sites (N-methyl/N-ethyl adjacent to an activating group) is 1. The van der Waals surface area contributed by atoms with Crippen molar-refractivity contribution in [2.75, 3.05) is 14.2 Å². The van der Waals surface area contributed by atoms with Crippen molar-refractivity contribution in [3.8, 4) is 0 Å². The number of carbonyl (C=O) groups is 2. The first kappa shape index (κ1) is 18.2. The highest BCUT2D eigenvalue weighted by molar-refractivity contribution is 7.09. The first-order valence-electron chi connectivity index (χ1n) is 7.69. The second kappa shape index (κ2) is 8.61. The molecule has 5 nitrogen and oxygen atoms in total. The number of methoxy groups -OCH3 is 1. The lowest BCUT2D eigenvalue weighted by Crippen LogP contribution is -2.42. The molecule has 0 fully saturated rings. The number of esters is 1. The number of nitrogens with one attached hydrogen (secondary N) is 1. The van der Waals surface area contributed by atoms with Crippen molar-refractivity contribution in [1.82, 2.24) is 10.2 Å². The van der Waals surface area contributed by atoms with E-state index in [0.717, 1.165) is 10.4 Å². The molecule has 1 amide bonds. The summed E-state index contributed by atoms with van der Waals surface area (Å²) in [5.74, 6) is -0.353. The lowest BCUT2D eigenvalue weighted by molar-refractivity contribution is -0.125. The predicted octanol–water partition coefficient (Wildman–Crippen LogP) is 2.67. The Morgan fingerprint density at radius 3 is 2.54 bits per heavy atom. The number of carbonyl (C=O) groups excluding carboxylic acids is 2. The summed E-state index contributed by atoms with van der Waals surface area (Å²) in [5.41, 5.74) is 1.55. The van der Waals surface area contributed by atoms with Gasteiger partial charge < -0.3 is 10.1 Å². The molecule has 1 atom stereocenters. The van der Waals surface area contributed by atoms with Gasteiger partial charge in [0.15, 0.2) is 0 Å². The van der Waals surface area contributed by atoms with Gasteiger partial charge in [-0.15, -0.1) is 11.3 Å². The first-order chi connectivity index (χ1) is 11.5. The lowest BCUT2D eigenvalue weighted by atomic mass is 10.1. The van der Waals surface area contributed by atoms with Crippen LogP contribution in [0.2, 0.25) is 0 Å². The number of amides is 1. The van der Waals surface area contributed by atoms with Gasteiger partial charge in [0.25, 0.3) is 0 Å². The molecule has 24 heavy (non-hydrogen) atoms. The molecule has 0 bridgehead atoms. The van der Waals surface area contributed by atoms with Gasteiger partial charge in [-0.2, -0.15) is 0 Å². The largest absolute Gasteiger partial charge is 0.465 e. The Labute approximate surface area is 146 Å². The minimum Gasteiger partial charge on any atom is -0.465 e. The summed E-state index contributed by atoms with van der Waals surface area (Å²) in [6.07, 6.45) is 0. The molecule has 6 heteroatoms. The van der Waals surface area contributed by atoms with Crippen LogP contribution in [-0.4, -0.2) is 37.0 Å². The van der Waals surface area contributed by atoms with Gasteiger partial charge in [-0.25, -0.2) is 4.79 Å². The molecule has 1 aromatic carbocycles. The summed E-state index contributed by atoms with van der Waals surface area (Å²) in [6.45, 7) is 3.06. The molecule has 2 aromatic rings. The molecule has 0 aliphatic rings. The maximum atomic E-state index is 12.2. The molecule has 128 valence electrons. The maximum Gasteiger partial charge on any atom is 0.337 e. The predicted molar refractivity (Wildman–Crippen MR) is 94.9 cm³/mol. The second-order valence-electron chi connectivity index (χ2n) is 5.58. The minimum atomic E-state index is -0.351. The number of benzene rings is 1. The Balaban J connectivity index is 1.87. The third-order valence-corrected chi connectivity index (χ3v) is 4.74. The Morgan fingerprint density at radius 1 is 1.25 bits per heavy atom. The van der Waals surface area contributed by atoms with Gasteiger partial charge in [-0.05, 0) is 43.1 Å². The Kier molecular flexibility index (Phi) is 6.52. The number of rotatable bonds is 7. The Morgan fingerprint density at radius 2 is 1.96 bits per heavy atom. The molecule has 0 saturated heterocycles. The topological polar surface area (TPSA) is 58.6 Å². The summed E-state index contributed by atoms with van der Waals surface area (Å²) in [5, 5.41) is 4.95. The van der Waals surface area contributed by atoms with E-state index in [9.17, 15) is 9.59 Å². The van der Waals surface area contributed by atoms with E-state index >= 15 is 0 Å². The SMILES string of the molecule is COC(=O)c1ccc(CN(C)C(C)C(=O)NCc2cccs2)cc1. The molecule has 1 aromatic heterocycles. The average Bonchev–Trinajstić information content (AvgIpc) is 3.12. The monoisotopic (exact) mass is 346 g/mol. The third kappa shape index (κ3) is 4.91. The van der Waals surface area contributed by atoms with Gasteiger partial charge in [0.05, 0.1) is 25.3 Å². The number of nitrogens with zero attached hydrogens (tertiary/aromatic N) is 1. The number of hydrogen-bond donors (Lipinski definition) is 1. The highest BCUT2D eigenvalue weighted by Gasteiger charge is 2.18. The highest BCUT2D eigenvalue weighted by atomic mass is 32.1. The van der Waals surface area contributed by atoms with Crippen molar-refractivity contribution >= 4 is 23.2 Å². The molecule has 0 aliphatic heterocycles. The van der Waals surface area contributed by atoms with Crippen molar-refractivity contribution in [3.05, 3.63) is 57.8 Å². The Hall–Kier alpha value is -2.18. The molecular formula is C18H22N2O3S. The fraction of sp³-hybridized carbons (Fsp3) is 0.333. The van der Waals surface area contributed by atoms with Crippen LogP contribution in [0.15, 0.2) is 41.8 Å². The van der Waals surface area contributed by atoms with E-state index in [4.69, 9.17) is 0 Å². The van der Waals surface area contributed by atoms with Gasteiger partial charge in [0.2, 0.25) is 5.91 Å². The number of hydrogen-bond acceptors (Lipinski definition) is 5. The van der Waals surface area contributed by atoms with Crippen molar-refractivity contribution in [3.63, 3.8) is 0 Å². The fourth-order valence-corrected chi connectivity index (χ4v) is 2.87. The summed E-state index contributed by atoms with van der Waals surface area (Å²) < 4.78 is 4.68. The van der Waals surface area contributed by atoms with Crippen molar-refractivity contribution in [2.45, 2.75) is 26.1 Å². The van der Waals surface area contributed by atoms with Crippen molar-refractivity contribution in [2.24, 2.45) is 0 Å². The third-order valence-electron chi connectivity index (χ3n) is 3.86. The van der Waals surface area contributed by atoms with Crippen LogP contribution in [0.25, 0.3) is 0 Å². The number of ether oxygens (including phenoxy) is 1. The molecular weight excluding hydrogens is 324 g/mol. The normalized spacial score (nSPS) is 12.0. The van der Waals surface area contributed by atoms with Crippen LogP contribution in [-0.2, 0) is 22.6 Å². The van der Waals surface area contributed by atoms with Gasteiger partial charge >= 0.3 is 5.97 Å². The van der Waals surface area contributed by atoms with Crippen LogP contribution >= 0.6 is 11.3 Å². The van der Waals surface area contributed by atoms with Crippen LogP contribution in [0, 0.1) is 0 Å². The maximum absolute atomic E-state index is 12.2. The molecule has 1 unspecified atom stereocenters. The zero-order chi connectivity index (χ0) is 17.5. The van der Waals surface area contributed by atoms with Gasteiger partial charge in [0.1, 0.15) is 0 Å². The van der Waals surface area contributed by atoms with Gasteiger partial charge in [-0.1, -0.05) is 18.2 Å². The smallest absolute Gasteiger partial charge is 0.337 e. The first-order valence-corrected chi connectivity index (χ1v) is 8.57. The molecule has 0 spiro atoms. The van der Waals surface area contributed by atoms with Gasteiger partial charge in [-0.3, -0.25) is 9.69 Å². The van der Waals surface area contributed by atoms with E-state index in [2.05, 4.69) is 10.1 Å². The molecule has 1 heterocycles. The van der Waals surface area contributed by atoms with Crippen LogP contribution < -0.4 is 5.32 Å². The molecule has 0 radical (unpaired) electrons. The van der Waals surface area contributed by atoms with Crippen LogP contribution in [0.3, 0.4) is 0 Å². The molecule has 1 N–H and O–H groups in total. The Bertz CT molecular complexity index is 668. The van der Waals surface area contributed by atoms with E-state index in [1.54, 1.807) is 23.5 Å². The van der Waals surface area contributed by atoms with Gasteiger partial charge in [0, 0.05) is 11.4 Å². The van der Waals surface area contributed by atoms with Crippen LogP contribution in [0.4, 0.5) is 0 Å². The quantitative estimate of drug-likeness (QED) is 0.783. The summed E-state index contributed by atoms with van der Waals surface area (Å²) in [4.78, 5) is 26.8. The van der Waals surface area contributed by atoms with E-state index < -0.39 is 0 Å². The van der Waals surface area contributed by atoms with Crippen LogP contribution in [0.1, 0.15) is 27.7 Å². The standard InChI is InChI=1S/C18H22N2O3S/c1-13(17(21)19-11-16-5-4-10-24-16)20(2)12-14-6-8-15(9-7-14)18(22)23-3/h4-10,13H,11-12H2,1-3H3,(H,19,21). The molecule has 0 saturated carbocycles. The van der Waals surface area contributed by atoms with E-state index in [0.29, 0.717) is 18.7 Å². The second-order valence-corrected chi connectivity index (χ2v) is 6.61. The highest BCUT2D eigenvalue weighted by Crippen LogP contribution is 2.11. The van der Waals surface area contributed by atoms with Crippen molar-refractivity contribution in [1.29, 1.82) is 0 Å².